The van der Waals surface area contributed by atoms with Crippen LogP contribution in [0.2, 0.25) is 0 Å². The zero-order valence-electron chi connectivity index (χ0n) is 19.0. The van der Waals surface area contributed by atoms with Crippen molar-refractivity contribution in [1.82, 2.24) is 15.2 Å². The highest BCUT2D eigenvalue weighted by atomic mass is 19.4. The Labute approximate surface area is 199 Å². The normalized spacial score (nSPS) is 14.8. The molecule has 3 heterocycles. The summed E-state index contributed by atoms with van der Waals surface area (Å²) in [5.41, 5.74) is 1.34. The smallest absolute Gasteiger partial charge is 0.416 e. The molecule has 184 valence electrons. The van der Waals surface area contributed by atoms with Gasteiger partial charge in [0.2, 0.25) is 5.88 Å². The summed E-state index contributed by atoms with van der Waals surface area (Å²) in [6.07, 6.45) is -3.14. The molecule has 11 heteroatoms. The highest BCUT2D eigenvalue weighted by Crippen LogP contribution is 2.38. The number of hydrogen-bond donors (Lipinski definition) is 2. The summed E-state index contributed by atoms with van der Waals surface area (Å²) >= 11 is 0. The number of aliphatic hydroxyl groups is 1. The maximum Gasteiger partial charge on any atom is 0.416 e. The number of hydrogen-bond acceptors (Lipinski definition) is 7. The Balaban J connectivity index is 1.64. The van der Waals surface area contributed by atoms with Crippen molar-refractivity contribution in [3.8, 4) is 17.1 Å². The molecule has 8 nitrogen and oxygen atoms in total. The number of aryl methyl sites for hydroxylation is 1. The molecule has 0 unspecified atom stereocenters. The van der Waals surface area contributed by atoms with Crippen LogP contribution in [-0.4, -0.2) is 52.6 Å². The number of amides is 1. The number of anilines is 1. The van der Waals surface area contributed by atoms with Gasteiger partial charge in [-0.05, 0) is 37.3 Å². The maximum absolute atomic E-state index is 13.0. The molecule has 0 bridgehead atoms. The number of ether oxygens (including phenoxy) is 2. The van der Waals surface area contributed by atoms with E-state index in [1.54, 1.807) is 13.0 Å². The van der Waals surface area contributed by atoms with E-state index in [1.807, 2.05) is 13.0 Å². The van der Waals surface area contributed by atoms with Crippen LogP contribution < -0.4 is 10.1 Å². The van der Waals surface area contributed by atoms with Gasteiger partial charge in [0.15, 0.2) is 0 Å². The Kier molecular flexibility index (Phi) is 6.73. The number of aromatic nitrogens is 3. The molecular weight excluding hydrogens is 465 g/mol. The second-order valence-corrected chi connectivity index (χ2v) is 8.46. The van der Waals surface area contributed by atoms with E-state index in [2.05, 4.69) is 20.5 Å². The van der Waals surface area contributed by atoms with E-state index in [0.29, 0.717) is 36.0 Å². The van der Waals surface area contributed by atoms with Gasteiger partial charge in [-0.15, -0.1) is 10.2 Å². The molecule has 1 amide bonds. The summed E-state index contributed by atoms with van der Waals surface area (Å²) in [7, 11) is 0. The lowest BCUT2D eigenvalue weighted by Gasteiger charge is -2.38. The van der Waals surface area contributed by atoms with E-state index in [-0.39, 0.29) is 29.9 Å². The van der Waals surface area contributed by atoms with Crippen molar-refractivity contribution in [1.29, 1.82) is 0 Å². The molecule has 0 atom stereocenters. The first kappa shape index (κ1) is 24.6. The fraction of sp³-hybridized carbons (Fsp3) is 0.333. The number of pyridine rings is 1. The molecule has 4 rings (SSSR count). The first-order valence-corrected chi connectivity index (χ1v) is 10.8. The van der Waals surface area contributed by atoms with Crippen LogP contribution in [0, 0.1) is 6.92 Å². The lowest BCUT2D eigenvalue weighted by atomic mass is 9.81. The molecule has 0 saturated carbocycles. The number of aliphatic hydroxyl groups excluding tert-OH is 1. The summed E-state index contributed by atoms with van der Waals surface area (Å²) in [6.45, 7) is 4.59. The first-order chi connectivity index (χ1) is 16.6. The van der Waals surface area contributed by atoms with Crippen LogP contribution in [-0.2, 0) is 16.3 Å². The van der Waals surface area contributed by atoms with Crippen LogP contribution in [0.1, 0.15) is 34.1 Å². The van der Waals surface area contributed by atoms with Crippen molar-refractivity contribution >= 4 is 11.6 Å². The topological polar surface area (TPSA) is 106 Å². The molecule has 3 aromatic rings. The average Bonchev–Trinajstić information content (AvgIpc) is 2.82. The maximum atomic E-state index is 13.0. The van der Waals surface area contributed by atoms with Crippen molar-refractivity contribution in [2.24, 2.45) is 0 Å². The Hall–Kier alpha value is -3.57. The molecule has 1 aliphatic rings. The van der Waals surface area contributed by atoms with Gasteiger partial charge >= 0.3 is 6.18 Å². The Morgan fingerprint density at radius 2 is 2.00 bits per heavy atom. The van der Waals surface area contributed by atoms with Gasteiger partial charge in [0.1, 0.15) is 6.61 Å². The summed E-state index contributed by atoms with van der Waals surface area (Å²) in [5, 5.41) is 20.1. The lowest BCUT2D eigenvalue weighted by Crippen LogP contribution is -2.44. The highest BCUT2D eigenvalue weighted by Gasteiger charge is 2.39. The third-order valence-corrected chi connectivity index (χ3v) is 5.65. The Morgan fingerprint density at radius 1 is 1.23 bits per heavy atom. The number of alkyl halides is 3. The van der Waals surface area contributed by atoms with Crippen molar-refractivity contribution in [3.63, 3.8) is 0 Å². The number of carbonyl (C=O) groups excluding carboxylic acids is 1. The van der Waals surface area contributed by atoms with Crippen molar-refractivity contribution in [2.45, 2.75) is 25.4 Å². The van der Waals surface area contributed by atoms with Gasteiger partial charge < -0.3 is 19.9 Å². The quantitative estimate of drug-likeness (QED) is 0.521. The third kappa shape index (κ3) is 5.25. The molecule has 35 heavy (non-hydrogen) atoms. The molecule has 0 aliphatic carbocycles. The monoisotopic (exact) mass is 488 g/mol. The minimum Gasteiger partial charge on any atom is -0.474 e. The summed E-state index contributed by atoms with van der Waals surface area (Å²) < 4.78 is 49.9. The standard InChI is InChI=1S/C24H23F3N4O4/c1-14-18(20-10-19(23(2)12-34-13-23)22(31-30-20)35-7-6-32)9-17(11-28-14)29-21(33)15-4-3-5-16(8-15)24(25,26)27/h3-5,8-11,32H,6-7,12-13H2,1-2H3,(H,29,33). The van der Waals surface area contributed by atoms with E-state index in [9.17, 15) is 18.0 Å². The van der Waals surface area contributed by atoms with Crippen molar-refractivity contribution < 1.29 is 32.5 Å². The summed E-state index contributed by atoms with van der Waals surface area (Å²) in [4.78, 5) is 16.9. The number of rotatable bonds is 7. The van der Waals surface area contributed by atoms with Gasteiger partial charge in [0.25, 0.3) is 5.91 Å². The predicted molar refractivity (Wildman–Crippen MR) is 120 cm³/mol. The molecule has 0 spiro atoms. The SMILES string of the molecule is Cc1ncc(NC(=O)c2cccc(C(F)(F)F)c2)cc1-c1cc(C2(C)COC2)c(OCCO)nn1. The zero-order chi connectivity index (χ0) is 25.2. The van der Waals surface area contributed by atoms with Gasteiger partial charge in [0, 0.05) is 27.8 Å². The zero-order valence-corrected chi connectivity index (χ0v) is 19.0. The van der Waals surface area contributed by atoms with Crippen molar-refractivity contribution in [3.05, 3.63) is 65.0 Å². The molecule has 1 aromatic carbocycles. The molecule has 1 fully saturated rings. The second-order valence-electron chi connectivity index (χ2n) is 8.46. The van der Waals surface area contributed by atoms with Gasteiger partial charge in [-0.3, -0.25) is 9.78 Å². The molecule has 0 radical (unpaired) electrons. The molecule has 2 N–H and O–H groups in total. The highest BCUT2D eigenvalue weighted by molar-refractivity contribution is 6.04. The average molecular weight is 488 g/mol. The number of benzene rings is 1. The van der Waals surface area contributed by atoms with Crippen LogP contribution >= 0.6 is 0 Å². The second kappa shape index (κ2) is 9.59. The van der Waals surface area contributed by atoms with Crippen LogP contribution in [0.15, 0.2) is 42.6 Å². The van der Waals surface area contributed by atoms with Gasteiger partial charge in [-0.2, -0.15) is 13.2 Å². The molecule has 1 aliphatic heterocycles. The molecule has 1 saturated heterocycles. The van der Waals surface area contributed by atoms with Crippen molar-refractivity contribution in [2.75, 3.05) is 31.7 Å². The lowest BCUT2D eigenvalue weighted by molar-refractivity contribution is -0.137. The van der Waals surface area contributed by atoms with E-state index in [1.165, 1.54) is 18.3 Å². The van der Waals surface area contributed by atoms with Gasteiger partial charge in [-0.25, -0.2) is 0 Å². The number of nitrogens with zero attached hydrogens (tertiary/aromatic N) is 3. The molecular formula is C24H23F3N4O4. The minimum atomic E-state index is -4.56. The minimum absolute atomic E-state index is 0.0651. The molecule has 2 aromatic heterocycles. The number of halogens is 3. The van der Waals surface area contributed by atoms with Crippen LogP contribution in [0.4, 0.5) is 18.9 Å². The van der Waals surface area contributed by atoms with E-state index < -0.39 is 17.6 Å². The summed E-state index contributed by atoms with van der Waals surface area (Å²) in [6, 6.07) is 7.62. The predicted octanol–water partition coefficient (Wildman–Crippen LogP) is 3.78. The largest absolute Gasteiger partial charge is 0.474 e. The number of nitrogens with one attached hydrogen (secondary N) is 1. The van der Waals surface area contributed by atoms with Gasteiger partial charge in [0.05, 0.1) is 43.0 Å². The summed E-state index contributed by atoms with van der Waals surface area (Å²) in [5.74, 6) is -0.403. The fourth-order valence-electron chi connectivity index (χ4n) is 3.66. The van der Waals surface area contributed by atoms with E-state index in [0.717, 1.165) is 17.7 Å². The number of carbonyl (C=O) groups is 1. The van der Waals surface area contributed by atoms with E-state index in [4.69, 9.17) is 14.6 Å². The van der Waals surface area contributed by atoms with Crippen LogP contribution in [0.25, 0.3) is 11.3 Å². The van der Waals surface area contributed by atoms with Gasteiger partial charge in [-0.1, -0.05) is 13.0 Å². The Bertz CT molecular complexity index is 1250. The van der Waals surface area contributed by atoms with Crippen LogP contribution in [0.5, 0.6) is 5.88 Å². The van der Waals surface area contributed by atoms with Crippen LogP contribution in [0.3, 0.4) is 0 Å². The fourth-order valence-corrected chi connectivity index (χ4v) is 3.66. The third-order valence-electron chi connectivity index (χ3n) is 5.65. The Morgan fingerprint density at radius 3 is 2.66 bits per heavy atom. The first-order valence-electron chi connectivity index (χ1n) is 10.8. The van der Waals surface area contributed by atoms with E-state index >= 15 is 0 Å².